The molecule has 0 saturated carbocycles. The van der Waals surface area contributed by atoms with Gasteiger partial charge in [0.15, 0.2) is 0 Å². The molecule has 0 aliphatic carbocycles. The lowest BCUT2D eigenvalue weighted by Gasteiger charge is -2.14. The lowest BCUT2D eigenvalue weighted by Crippen LogP contribution is -2.21. The first kappa shape index (κ1) is 15.3. The smallest absolute Gasteiger partial charge is 0.417 e. The van der Waals surface area contributed by atoms with Gasteiger partial charge in [-0.1, -0.05) is 0 Å². The van der Waals surface area contributed by atoms with Gasteiger partial charge in [-0.2, -0.15) is 13.2 Å². The van der Waals surface area contributed by atoms with Gasteiger partial charge in [0.25, 0.3) is 0 Å². The molecular weight excluding hydrogens is 261 g/mol. The number of nitrogens with zero attached hydrogens (tertiary/aromatic N) is 1. The first-order valence-corrected chi connectivity index (χ1v) is 5.55. The standard InChI is InChI=1S/C12H15F3N2O2/c1-17(2)6-5-16-8-3-4-9(11(18)19)10(7-8)12(13,14)15/h3-4,7,16H,5-6H2,1-2H3,(H,18,19). The fourth-order valence-corrected chi connectivity index (χ4v) is 1.50. The average Bonchev–Trinajstić information content (AvgIpc) is 2.27. The highest BCUT2D eigenvalue weighted by atomic mass is 19.4. The molecule has 0 aromatic heterocycles. The van der Waals surface area contributed by atoms with Gasteiger partial charge in [-0.05, 0) is 32.3 Å². The van der Waals surface area contributed by atoms with Crippen molar-refractivity contribution in [2.75, 3.05) is 32.5 Å². The SMILES string of the molecule is CN(C)CCNc1ccc(C(=O)O)c(C(F)(F)F)c1. The van der Waals surface area contributed by atoms with Gasteiger partial charge in [0.05, 0.1) is 11.1 Å². The molecule has 19 heavy (non-hydrogen) atoms. The van der Waals surface area contributed by atoms with Crippen molar-refractivity contribution in [1.82, 2.24) is 4.90 Å². The number of halogens is 3. The summed E-state index contributed by atoms with van der Waals surface area (Å²) in [7, 11) is 3.69. The van der Waals surface area contributed by atoms with Gasteiger partial charge in [-0.25, -0.2) is 4.79 Å². The van der Waals surface area contributed by atoms with Crippen LogP contribution in [0.2, 0.25) is 0 Å². The zero-order chi connectivity index (χ0) is 14.6. The lowest BCUT2D eigenvalue weighted by atomic mass is 10.1. The highest BCUT2D eigenvalue weighted by molar-refractivity contribution is 5.90. The fraction of sp³-hybridized carbons (Fsp3) is 0.417. The third-order valence-corrected chi connectivity index (χ3v) is 2.44. The molecule has 2 N–H and O–H groups in total. The molecule has 0 unspecified atom stereocenters. The van der Waals surface area contributed by atoms with Crippen LogP contribution in [0.1, 0.15) is 15.9 Å². The lowest BCUT2D eigenvalue weighted by molar-refractivity contribution is -0.138. The predicted octanol–water partition coefficient (Wildman–Crippen LogP) is 2.38. The molecule has 0 bridgehead atoms. The van der Waals surface area contributed by atoms with Crippen molar-refractivity contribution in [3.8, 4) is 0 Å². The molecule has 7 heteroatoms. The minimum absolute atomic E-state index is 0.249. The maximum absolute atomic E-state index is 12.7. The van der Waals surface area contributed by atoms with Crippen molar-refractivity contribution in [3.63, 3.8) is 0 Å². The second kappa shape index (κ2) is 5.92. The highest BCUT2D eigenvalue weighted by Gasteiger charge is 2.35. The number of carbonyl (C=O) groups is 1. The number of likely N-dealkylation sites (N-methyl/N-ethyl adjacent to an activating group) is 1. The molecule has 0 radical (unpaired) electrons. The fourth-order valence-electron chi connectivity index (χ4n) is 1.50. The van der Waals surface area contributed by atoms with Crippen molar-refractivity contribution in [2.24, 2.45) is 0 Å². The molecular formula is C12H15F3N2O2. The summed E-state index contributed by atoms with van der Waals surface area (Å²) in [6.45, 7) is 1.12. The summed E-state index contributed by atoms with van der Waals surface area (Å²) < 4.78 is 38.2. The number of hydrogen-bond donors (Lipinski definition) is 2. The van der Waals surface area contributed by atoms with E-state index in [2.05, 4.69) is 5.32 Å². The largest absolute Gasteiger partial charge is 0.478 e. The Kier molecular flexibility index (Phi) is 4.77. The summed E-state index contributed by atoms with van der Waals surface area (Å²) in [6, 6.07) is 3.11. The Balaban J connectivity index is 2.96. The maximum Gasteiger partial charge on any atom is 0.417 e. The van der Waals surface area contributed by atoms with Crippen LogP contribution in [0.3, 0.4) is 0 Å². The molecule has 0 aliphatic heterocycles. The van der Waals surface area contributed by atoms with Gasteiger partial charge in [0.2, 0.25) is 0 Å². The number of nitrogens with one attached hydrogen (secondary N) is 1. The summed E-state index contributed by atoms with van der Waals surface area (Å²) in [4.78, 5) is 12.6. The van der Waals surface area contributed by atoms with E-state index < -0.39 is 23.3 Å². The monoisotopic (exact) mass is 276 g/mol. The van der Waals surface area contributed by atoms with Crippen LogP contribution in [-0.4, -0.2) is 43.2 Å². The van der Waals surface area contributed by atoms with Crippen LogP contribution >= 0.6 is 0 Å². The Bertz CT molecular complexity index is 459. The number of benzene rings is 1. The van der Waals surface area contributed by atoms with Crippen molar-refractivity contribution in [2.45, 2.75) is 6.18 Å². The molecule has 0 amide bonds. The molecule has 1 aromatic carbocycles. The zero-order valence-corrected chi connectivity index (χ0v) is 10.6. The first-order valence-electron chi connectivity index (χ1n) is 5.55. The van der Waals surface area contributed by atoms with Crippen molar-refractivity contribution in [3.05, 3.63) is 29.3 Å². The van der Waals surface area contributed by atoms with Gasteiger partial charge in [0.1, 0.15) is 0 Å². The van der Waals surface area contributed by atoms with E-state index in [1.807, 2.05) is 19.0 Å². The molecule has 0 atom stereocenters. The van der Waals surface area contributed by atoms with E-state index in [0.29, 0.717) is 13.1 Å². The van der Waals surface area contributed by atoms with Crippen LogP contribution in [0.25, 0.3) is 0 Å². The second-order valence-corrected chi connectivity index (χ2v) is 4.29. The number of alkyl halides is 3. The Morgan fingerprint density at radius 1 is 1.37 bits per heavy atom. The number of aromatic carboxylic acids is 1. The summed E-state index contributed by atoms with van der Waals surface area (Å²) in [5.74, 6) is -1.59. The van der Waals surface area contributed by atoms with Crippen LogP contribution in [0, 0.1) is 0 Å². The summed E-state index contributed by atoms with van der Waals surface area (Å²) in [5, 5.41) is 11.6. The zero-order valence-electron chi connectivity index (χ0n) is 10.6. The number of carboxylic acids is 1. The quantitative estimate of drug-likeness (QED) is 0.867. The molecule has 0 fully saturated rings. The van der Waals surface area contributed by atoms with E-state index in [1.165, 1.54) is 6.07 Å². The number of hydrogen-bond acceptors (Lipinski definition) is 3. The summed E-state index contributed by atoms with van der Waals surface area (Å²) in [5.41, 5.74) is -1.64. The van der Waals surface area contributed by atoms with Gasteiger partial charge in [-0.3, -0.25) is 0 Å². The summed E-state index contributed by atoms with van der Waals surface area (Å²) in [6.07, 6.45) is -4.69. The molecule has 0 spiro atoms. The van der Waals surface area contributed by atoms with Gasteiger partial charge in [-0.15, -0.1) is 0 Å². The first-order chi connectivity index (χ1) is 8.71. The Labute approximate surface area is 108 Å². The number of rotatable bonds is 5. The van der Waals surface area contributed by atoms with E-state index in [9.17, 15) is 18.0 Å². The van der Waals surface area contributed by atoms with Gasteiger partial charge >= 0.3 is 12.1 Å². The van der Waals surface area contributed by atoms with E-state index in [4.69, 9.17) is 5.11 Å². The molecule has 4 nitrogen and oxygen atoms in total. The highest BCUT2D eigenvalue weighted by Crippen LogP contribution is 2.33. The number of carboxylic acid groups (broad SMARTS) is 1. The van der Waals surface area contributed by atoms with E-state index in [0.717, 1.165) is 12.1 Å². The third kappa shape index (κ3) is 4.44. The Hall–Kier alpha value is -1.76. The van der Waals surface area contributed by atoms with Crippen molar-refractivity contribution < 1.29 is 23.1 Å². The average molecular weight is 276 g/mol. The van der Waals surface area contributed by atoms with Crippen LogP contribution in [0.5, 0.6) is 0 Å². The third-order valence-electron chi connectivity index (χ3n) is 2.44. The van der Waals surface area contributed by atoms with E-state index in [-0.39, 0.29) is 5.69 Å². The van der Waals surface area contributed by atoms with E-state index >= 15 is 0 Å². The minimum Gasteiger partial charge on any atom is -0.478 e. The van der Waals surface area contributed by atoms with Gasteiger partial charge in [0, 0.05) is 18.8 Å². The normalized spacial score (nSPS) is 11.7. The molecule has 1 rings (SSSR count). The Morgan fingerprint density at radius 2 is 2.00 bits per heavy atom. The van der Waals surface area contributed by atoms with Crippen molar-refractivity contribution in [1.29, 1.82) is 0 Å². The van der Waals surface area contributed by atoms with Crippen molar-refractivity contribution >= 4 is 11.7 Å². The van der Waals surface area contributed by atoms with Crippen LogP contribution < -0.4 is 5.32 Å². The molecule has 106 valence electrons. The predicted molar refractivity (Wildman–Crippen MR) is 65.4 cm³/mol. The Morgan fingerprint density at radius 3 is 2.47 bits per heavy atom. The van der Waals surface area contributed by atoms with Crippen LogP contribution in [-0.2, 0) is 6.18 Å². The topological polar surface area (TPSA) is 52.6 Å². The molecule has 0 aliphatic rings. The maximum atomic E-state index is 12.7. The van der Waals surface area contributed by atoms with Gasteiger partial charge < -0.3 is 15.3 Å². The summed E-state index contributed by atoms with van der Waals surface area (Å²) >= 11 is 0. The number of anilines is 1. The van der Waals surface area contributed by atoms with Crippen LogP contribution in [0.4, 0.5) is 18.9 Å². The molecule has 0 saturated heterocycles. The van der Waals surface area contributed by atoms with Crippen LogP contribution in [0.15, 0.2) is 18.2 Å². The molecule has 0 heterocycles. The minimum atomic E-state index is -4.69. The second-order valence-electron chi connectivity index (χ2n) is 4.29. The molecule has 1 aromatic rings. The van der Waals surface area contributed by atoms with E-state index in [1.54, 1.807) is 0 Å².